The number of nitrogens with one attached hydrogen (secondary N) is 1. The molecule has 1 aliphatic heterocycles. The van der Waals surface area contributed by atoms with Gasteiger partial charge in [-0.15, -0.1) is 11.3 Å². The molecule has 0 fully saturated rings. The van der Waals surface area contributed by atoms with Crippen LogP contribution in [0.4, 0.5) is 11.5 Å². The normalized spacial score (nSPS) is 15.5. The predicted octanol–water partition coefficient (Wildman–Crippen LogP) is 4.98. The minimum atomic E-state index is -0.438. The Bertz CT molecular complexity index is 1230. The van der Waals surface area contributed by atoms with Crippen molar-refractivity contribution in [1.82, 2.24) is 9.78 Å². The maximum absolute atomic E-state index is 12.6. The Morgan fingerprint density at radius 2 is 1.83 bits per heavy atom. The number of hydrogen-bond donors (Lipinski definition) is 1. The van der Waals surface area contributed by atoms with Crippen LogP contribution in [0.5, 0.6) is 0 Å². The zero-order valence-corrected chi connectivity index (χ0v) is 16.5. The molecule has 0 aliphatic carbocycles. The number of aromatic nitrogens is 2. The van der Waals surface area contributed by atoms with Gasteiger partial charge in [0, 0.05) is 40.5 Å². The van der Waals surface area contributed by atoms with Gasteiger partial charge in [0.25, 0.3) is 5.69 Å². The number of benzene rings is 2. The highest BCUT2D eigenvalue weighted by atomic mass is 32.1. The molecule has 0 saturated carbocycles. The highest BCUT2D eigenvalue weighted by Gasteiger charge is 2.34. The molecule has 4 aromatic rings. The van der Waals surface area contributed by atoms with Crippen molar-refractivity contribution in [1.29, 1.82) is 0 Å². The molecule has 1 amide bonds. The van der Waals surface area contributed by atoms with Gasteiger partial charge in [0.05, 0.1) is 16.3 Å². The maximum Gasteiger partial charge on any atom is 0.269 e. The minimum absolute atomic E-state index is 0.00329. The van der Waals surface area contributed by atoms with E-state index in [2.05, 4.69) is 5.32 Å². The number of carbonyl (C=O) groups is 1. The van der Waals surface area contributed by atoms with E-state index in [0.29, 0.717) is 17.9 Å². The summed E-state index contributed by atoms with van der Waals surface area (Å²) in [5.74, 6) is 0.427. The van der Waals surface area contributed by atoms with Crippen molar-refractivity contribution in [2.75, 3.05) is 5.32 Å². The lowest BCUT2D eigenvalue weighted by molar-refractivity contribution is -0.384. The Labute approximate surface area is 175 Å². The third-order valence-corrected chi connectivity index (χ3v) is 6.14. The summed E-state index contributed by atoms with van der Waals surface area (Å²) in [6.07, 6.45) is 0.347. The van der Waals surface area contributed by atoms with E-state index in [1.165, 1.54) is 12.1 Å². The number of anilines is 1. The predicted molar refractivity (Wildman–Crippen MR) is 115 cm³/mol. The average molecular weight is 416 g/mol. The lowest BCUT2D eigenvalue weighted by atomic mass is 9.88. The van der Waals surface area contributed by atoms with Crippen molar-refractivity contribution in [3.05, 3.63) is 92.7 Å². The fourth-order valence-electron chi connectivity index (χ4n) is 3.80. The number of amides is 1. The Kier molecular flexibility index (Phi) is 4.40. The number of non-ortho nitro benzene ring substituents is 1. The third-order valence-electron chi connectivity index (χ3n) is 5.16. The average Bonchev–Trinajstić information content (AvgIpc) is 3.42. The summed E-state index contributed by atoms with van der Waals surface area (Å²) in [6.45, 7) is 0. The van der Waals surface area contributed by atoms with Gasteiger partial charge in [-0.2, -0.15) is 5.10 Å². The summed E-state index contributed by atoms with van der Waals surface area (Å²) in [6, 6.07) is 20.0. The highest BCUT2D eigenvalue weighted by Crippen LogP contribution is 2.45. The number of fused-ring (bicyclic) bond motifs is 1. The van der Waals surface area contributed by atoms with Crippen LogP contribution in [0.15, 0.2) is 72.1 Å². The fourth-order valence-corrected chi connectivity index (χ4v) is 4.63. The molecule has 3 heterocycles. The lowest BCUT2D eigenvalue weighted by Crippen LogP contribution is -2.24. The molecule has 0 spiro atoms. The second kappa shape index (κ2) is 7.23. The first kappa shape index (κ1) is 18.3. The Morgan fingerprint density at radius 3 is 2.50 bits per heavy atom. The number of rotatable bonds is 4. The zero-order chi connectivity index (χ0) is 20.7. The van der Waals surface area contributed by atoms with Crippen LogP contribution in [-0.4, -0.2) is 20.6 Å². The maximum atomic E-state index is 12.6. The molecule has 5 rings (SSSR count). The number of nitrogens with zero attached hydrogens (tertiary/aromatic N) is 3. The number of carbonyl (C=O) groups excluding carboxylic acids is 1. The van der Waals surface area contributed by atoms with Crippen LogP contribution in [0.1, 0.15) is 22.8 Å². The highest BCUT2D eigenvalue weighted by molar-refractivity contribution is 7.10. The second-order valence-electron chi connectivity index (χ2n) is 6.98. The number of hydrogen-bond acceptors (Lipinski definition) is 5. The number of nitro benzene ring substituents is 1. The molecule has 2 aromatic carbocycles. The summed E-state index contributed by atoms with van der Waals surface area (Å²) in [5, 5.41) is 20.8. The molecular formula is C22H16N4O3S. The fraction of sp³-hybridized carbons (Fsp3) is 0.0909. The zero-order valence-electron chi connectivity index (χ0n) is 15.7. The molecule has 2 aromatic heterocycles. The largest absolute Gasteiger partial charge is 0.310 e. The van der Waals surface area contributed by atoms with E-state index in [1.54, 1.807) is 28.2 Å². The van der Waals surface area contributed by atoms with Crippen molar-refractivity contribution in [2.24, 2.45) is 0 Å². The van der Waals surface area contributed by atoms with Gasteiger partial charge >= 0.3 is 0 Å². The SMILES string of the molecule is O=C1CC(c2cccs2)c2c(-c3ccccc3)nn(-c3ccc([N+](=O)[O-])cc3)c2N1. The molecule has 0 saturated heterocycles. The molecule has 0 bridgehead atoms. The van der Waals surface area contributed by atoms with Gasteiger partial charge in [-0.25, -0.2) is 4.68 Å². The second-order valence-corrected chi connectivity index (χ2v) is 7.96. The van der Waals surface area contributed by atoms with Crippen LogP contribution in [-0.2, 0) is 4.79 Å². The molecule has 7 nitrogen and oxygen atoms in total. The topological polar surface area (TPSA) is 90.1 Å². The summed E-state index contributed by atoms with van der Waals surface area (Å²) in [7, 11) is 0. The molecule has 30 heavy (non-hydrogen) atoms. The molecule has 1 atom stereocenters. The summed E-state index contributed by atoms with van der Waals surface area (Å²) < 4.78 is 1.67. The Morgan fingerprint density at radius 1 is 1.07 bits per heavy atom. The summed E-state index contributed by atoms with van der Waals surface area (Å²) >= 11 is 1.62. The third kappa shape index (κ3) is 3.07. The van der Waals surface area contributed by atoms with Crippen LogP contribution in [0.3, 0.4) is 0 Å². The van der Waals surface area contributed by atoms with Crippen molar-refractivity contribution >= 4 is 28.7 Å². The van der Waals surface area contributed by atoms with Crippen LogP contribution < -0.4 is 5.32 Å². The number of thiophene rings is 1. The molecule has 1 aliphatic rings. The van der Waals surface area contributed by atoms with Gasteiger partial charge in [0.1, 0.15) is 5.82 Å². The van der Waals surface area contributed by atoms with Crippen LogP contribution in [0.25, 0.3) is 16.9 Å². The van der Waals surface area contributed by atoms with Gasteiger partial charge in [0.15, 0.2) is 0 Å². The van der Waals surface area contributed by atoms with Gasteiger partial charge in [-0.1, -0.05) is 36.4 Å². The van der Waals surface area contributed by atoms with E-state index in [9.17, 15) is 14.9 Å². The van der Waals surface area contributed by atoms with Gasteiger partial charge in [-0.05, 0) is 23.6 Å². The van der Waals surface area contributed by atoms with E-state index in [1.807, 2.05) is 47.8 Å². The van der Waals surface area contributed by atoms with E-state index in [0.717, 1.165) is 21.7 Å². The minimum Gasteiger partial charge on any atom is -0.310 e. The first-order chi connectivity index (χ1) is 14.6. The molecule has 0 radical (unpaired) electrons. The van der Waals surface area contributed by atoms with Gasteiger partial charge < -0.3 is 5.32 Å². The molecule has 1 N–H and O–H groups in total. The lowest BCUT2D eigenvalue weighted by Gasteiger charge is -2.23. The standard InChI is InChI=1S/C22H16N4O3S/c27-19-13-17(18-7-4-12-30-18)20-21(14-5-2-1-3-6-14)24-25(22(20)23-19)15-8-10-16(11-9-15)26(28)29/h1-12,17H,13H2,(H,23,27). The Balaban J connectivity index is 1.73. The van der Waals surface area contributed by atoms with E-state index in [-0.39, 0.29) is 17.5 Å². The molecular weight excluding hydrogens is 400 g/mol. The van der Waals surface area contributed by atoms with E-state index in [4.69, 9.17) is 5.10 Å². The van der Waals surface area contributed by atoms with Crippen LogP contribution >= 0.6 is 11.3 Å². The van der Waals surface area contributed by atoms with E-state index < -0.39 is 4.92 Å². The molecule has 8 heteroatoms. The summed E-state index contributed by atoms with van der Waals surface area (Å²) in [5.41, 5.74) is 3.35. The molecule has 1 unspecified atom stereocenters. The van der Waals surface area contributed by atoms with E-state index >= 15 is 0 Å². The van der Waals surface area contributed by atoms with Crippen molar-refractivity contribution in [2.45, 2.75) is 12.3 Å². The molecule has 148 valence electrons. The summed E-state index contributed by atoms with van der Waals surface area (Å²) in [4.78, 5) is 24.2. The van der Waals surface area contributed by atoms with Crippen LogP contribution in [0.2, 0.25) is 0 Å². The Hall–Kier alpha value is -3.78. The van der Waals surface area contributed by atoms with Gasteiger partial charge in [-0.3, -0.25) is 14.9 Å². The first-order valence-corrected chi connectivity index (χ1v) is 10.3. The van der Waals surface area contributed by atoms with Crippen LogP contribution in [0, 0.1) is 10.1 Å². The quantitative estimate of drug-likeness (QED) is 0.375. The van der Waals surface area contributed by atoms with Crippen molar-refractivity contribution < 1.29 is 9.72 Å². The monoisotopic (exact) mass is 416 g/mol. The number of nitro groups is 1. The van der Waals surface area contributed by atoms with Gasteiger partial charge in [0.2, 0.25) is 5.91 Å². The van der Waals surface area contributed by atoms with Crippen molar-refractivity contribution in [3.63, 3.8) is 0 Å². The van der Waals surface area contributed by atoms with Crippen molar-refractivity contribution in [3.8, 4) is 16.9 Å². The smallest absolute Gasteiger partial charge is 0.269 e. The first-order valence-electron chi connectivity index (χ1n) is 9.38.